The van der Waals surface area contributed by atoms with Crippen LogP contribution in [0.1, 0.15) is 27.6 Å². The Bertz CT molecular complexity index is 1050. The Hall–Kier alpha value is -2.93. The van der Waals surface area contributed by atoms with Crippen LogP contribution in [-0.2, 0) is 11.8 Å². The highest BCUT2D eigenvalue weighted by molar-refractivity contribution is 7.16. The Balaban J connectivity index is 2.05. The number of hydrogen-bond acceptors (Lipinski definition) is 5. The molecule has 1 amide bonds. The van der Waals surface area contributed by atoms with Crippen molar-refractivity contribution in [3.8, 4) is 5.75 Å². The fourth-order valence-electron chi connectivity index (χ4n) is 2.55. The number of nitrogens with zero attached hydrogens (tertiary/aromatic N) is 2. The van der Waals surface area contributed by atoms with Crippen molar-refractivity contribution in [3.63, 3.8) is 0 Å². The highest BCUT2D eigenvalue weighted by Gasteiger charge is 2.13. The zero-order chi connectivity index (χ0) is 18.7. The number of aromatic nitrogens is 1. The van der Waals surface area contributed by atoms with Gasteiger partial charge in [-0.1, -0.05) is 23.5 Å². The molecule has 0 aliphatic carbocycles. The first-order valence-corrected chi connectivity index (χ1v) is 8.85. The molecule has 0 saturated heterocycles. The summed E-state index contributed by atoms with van der Waals surface area (Å²) < 4.78 is 12.9. The molecule has 3 aromatic rings. The van der Waals surface area contributed by atoms with Gasteiger partial charge in [0.15, 0.2) is 4.80 Å². The number of para-hydroxylation sites is 1. The normalized spacial score (nSPS) is 11.6. The number of carbonyl (C=O) groups is 2. The molecule has 0 saturated carbocycles. The number of thiazole rings is 1. The molecule has 7 heteroatoms. The molecular weight excluding hydrogens is 352 g/mol. The lowest BCUT2D eigenvalue weighted by Gasteiger charge is -2.03. The van der Waals surface area contributed by atoms with E-state index in [1.54, 1.807) is 43.3 Å². The summed E-state index contributed by atoms with van der Waals surface area (Å²) in [6, 6.07) is 12.2. The lowest BCUT2D eigenvalue weighted by molar-refractivity contribution is 0.0526. The molecule has 134 valence electrons. The SMILES string of the molecule is CCOC(=O)c1ccc2c(c1)sc(=NC(=O)c1ccccc1OC)n2C. The Labute approximate surface area is 154 Å². The predicted octanol–water partition coefficient (Wildman–Crippen LogP) is 3.17. The average Bonchev–Trinajstić information content (AvgIpc) is 2.96. The standard InChI is InChI=1S/C19H18N2O4S/c1-4-25-18(23)12-9-10-14-16(11-12)26-19(21(14)2)20-17(22)13-7-5-6-8-15(13)24-3/h5-11H,4H2,1-3H3. The van der Waals surface area contributed by atoms with Crippen molar-refractivity contribution >= 4 is 33.4 Å². The molecule has 0 bridgehead atoms. The number of benzene rings is 2. The molecule has 0 spiro atoms. The van der Waals surface area contributed by atoms with Crippen molar-refractivity contribution < 1.29 is 19.1 Å². The predicted molar refractivity (Wildman–Crippen MR) is 99.6 cm³/mol. The molecule has 2 aromatic carbocycles. The third-order valence-corrected chi connectivity index (χ3v) is 4.95. The van der Waals surface area contributed by atoms with Crippen molar-refractivity contribution in [3.05, 3.63) is 58.4 Å². The molecule has 3 rings (SSSR count). The fourth-order valence-corrected chi connectivity index (χ4v) is 3.61. The van der Waals surface area contributed by atoms with Crippen LogP contribution < -0.4 is 9.54 Å². The van der Waals surface area contributed by atoms with Crippen LogP contribution in [-0.4, -0.2) is 30.2 Å². The molecule has 0 aliphatic rings. The monoisotopic (exact) mass is 370 g/mol. The number of methoxy groups -OCH3 is 1. The van der Waals surface area contributed by atoms with E-state index in [1.165, 1.54) is 18.4 Å². The Morgan fingerprint density at radius 3 is 2.69 bits per heavy atom. The topological polar surface area (TPSA) is 69.9 Å². The van der Waals surface area contributed by atoms with Crippen LogP contribution in [0.2, 0.25) is 0 Å². The lowest BCUT2D eigenvalue weighted by atomic mass is 10.2. The van der Waals surface area contributed by atoms with Crippen molar-refractivity contribution in [1.29, 1.82) is 0 Å². The first-order chi connectivity index (χ1) is 12.5. The summed E-state index contributed by atoms with van der Waals surface area (Å²) in [6.07, 6.45) is 0. The van der Waals surface area contributed by atoms with Crippen LogP contribution in [0.5, 0.6) is 5.75 Å². The number of aryl methyl sites for hydroxylation is 1. The van der Waals surface area contributed by atoms with Gasteiger partial charge < -0.3 is 14.0 Å². The lowest BCUT2D eigenvalue weighted by Crippen LogP contribution is -2.13. The molecule has 0 fully saturated rings. The smallest absolute Gasteiger partial charge is 0.338 e. The van der Waals surface area contributed by atoms with E-state index in [0.717, 1.165) is 10.2 Å². The number of amides is 1. The van der Waals surface area contributed by atoms with Gasteiger partial charge in [0.25, 0.3) is 5.91 Å². The van der Waals surface area contributed by atoms with Gasteiger partial charge in [0.2, 0.25) is 0 Å². The van der Waals surface area contributed by atoms with Gasteiger partial charge in [-0.15, -0.1) is 0 Å². The Morgan fingerprint density at radius 1 is 1.19 bits per heavy atom. The minimum atomic E-state index is -0.379. The van der Waals surface area contributed by atoms with E-state index in [4.69, 9.17) is 9.47 Å². The summed E-state index contributed by atoms with van der Waals surface area (Å²) in [7, 11) is 3.35. The van der Waals surface area contributed by atoms with Gasteiger partial charge in [0.05, 0.1) is 35.1 Å². The molecule has 0 radical (unpaired) electrons. The van der Waals surface area contributed by atoms with E-state index in [0.29, 0.717) is 28.3 Å². The number of ether oxygens (including phenoxy) is 2. The van der Waals surface area contributed by atoms with Crippen LogP contribution in [0.3, 0.4) is 0 Å². The summed E-state index contributed by atoms with van der Waals surface area (Å²) >= 11 is 1.34. The minimum absolute atomic E-state index is 0.323. The van der Waals surface area contributed by atoms with E-state index in [-0.39, 0.29) is 11.9 Å². The highest BCUT2D eigenvalue weighted by Crippen LogP contribution is 2.21. The molecule has 0 atom stereocenters. The number of fused-ring (bicyclic) bond motifs is 1. The molecule has 1 heterocycles. The molecule has 0 N–H and O–H groups in total. The zero-order valence-electron chi connectivity index (χ0n) is 14.7. The quantitative estimate of drug-likeness (QED) is 0.662. The maximum absolute atomic E-state index is 12.6. The maximum Gasteiger partial charge on any atom is 0.338 e. The third kappa shape index (κ3) is 3.39. The van der Waals surface area contributed by atoms with Gasteiger partial charge in [-0.2, -0.15) is 4.99 Å². The molecule has 26 heavy (non-hydrogen) atoms. The van der Waals surface area contributed by atoms with E-state index in [9.17, 15) is 9.59 Å². The van der Waals surface area contributed by atoms with Gasteiger partial charge in [-0.3, -0.25) is 4.79 Å². The Kier molecular flexibility index (Phi) is 5.18. The third-order valence-electron chi connectivity index (χ3n) is 3.86. The van der Waals surface area contributed by atoms with Crippen molar-refractivity contribution in [2.24, 2.45) is 12.0 Å². The zero-order valence-corrected chi connectivity index (χ0v) is 15.5. The number of esters is 1. The number of rotatable bonds is 4. The van der Waals surface area contributed by atoms with Gasteiger partial charge >= 0.3 is 5.97 Å². The maximum atomic E-state index is 12.6. The molecule has 6 nitrogen and oxygen atoms in total. The number of hydrogen-bond donors (Lipinski definition) is 0. The summed E-state index contributed by atoms with van der Waals surface area (Å²) in [5, 5.41) is 0. The second-order valence-electron chi connectivity index (χ2n) is 5.46. The summed E-state index contributed by atoms with van der Waals surface area (Å²) in [5.74, 6) is -0.265. The molecule has 0 unspecified atom stereocenters. The van der Waals surface area contributed by atoms with Crippen molar-refractivity contribution in [2.45, 2.75) is 6.92 Å². The first-order valence-electron chi connectivity index (χ1n) is 8.04. The van der Waals surface area contributed by atoms with Gasteiger partial charge in [0.1, 0.15) is 5.75 Å². The first kappa shape index (κ1) is 17.9. The molecule has 1 aromatic heterocycles. The summed E-state index contributed by atoms with van der Waals surface area (Å²) in [4.78, 5) is 29.2. The second-order valence-corrected chi connectivity index (χ2v) is 6.47. The van der Waals surface area contributed by atoms with Crippen LogP contribution >= 0.6 is 11.3 Å². The largest absolute Gasteiger partial charge is 0.496 e. The van der Waals surface area contributed by atoms with Crippen LogP contribution in [0.4, 0.5) is 0 Å². The summed E-state index contributed by atoms with van der Waals surface area (Å²) in [5.41, 5.74) is 1.76. The van der Waals surface area contributed by atoms with Crippen molar-refractivity contribution in [2.75, 3.05) is 13.7 Å². The van der Waals surface area contributed by atoms with E-state index in [2.05, 4.69) is 4.99 Å². The van der Waals surface area contributed by atoms with Gasteiger partial charge in [-0.25, -0.2) is 4.79 Å². The van der Waals surface area contributed by atoms with Gasteiger partial charge in [-0.05, 0) is 37.3 Å². The Morgan fingerprint density at radius 2 is 1.96 bits per heavy atom. The van der Waals surface area contributed by atoms with E-state index in [1.807, 2.05) is 17.7 Å². The van der Waals surface area contributed by atoms with Crippen LogP contribution in [0.15, 0.2) is 47.5 Å². The summed E-state index contributed by atoms with van der Waals surface area (Å²) in [6.45, 7) is 2.09. The van der Waals surface area contributed by atoms with Crippen LogP contribution in [0.25, 0.3) is 10.2 Å². The van der Waals surface area contributed by atoms with E-state index >= 15 is 0 Å². The molecule has 0 aliphatic heterocycles. The average molecular weight is 370 g/mol. The highest BCUT2D eigenvalue weighted by atomic mass is 32.1. The second kappa shape index (κ2) is 7.53. The molecular formula is C19H18N2O4S. The van der Waals surface area contributed by atoms with Crippen LogP contribution in [0, 0.1) is 0 Å². The minimum Gasteiger partial charge on any atom is -0.496 e. The van der Waals surface area contributed by atoms with E-state index < -0.39 is 0 Å². The van der Waals surface area contributed by atoms with Gasteiger partial charge in [0, 0.05) is 7.05 Å². The van der Waals surface area contributed by atoms with Crippen molar-refractivity contribution in [1.82, 2.24) is 4.57 Å². The fraction of sp³-hybridized carbons (Fsp3) is 0.211. The number of carbonyl (C=O) groups excluding carboxylic acids is 2.